The summed E-state index contributed by atoms with van der Waals surface area (Å²) in [7, 11) is 1.51. The highest BCUT2D eigenvalue weighted by atomic mass is 16.5. The molecule has 0 heterocycles. The molecule has 0 aliphatic carbocycles. The first-order chi connectivity index (χ1) is 11.0. The van der Waals surface area contributed by atoms with Crippen molar-refractivity contribution in [2.45, 2.75) is 27.2 Å². The van der Waals surface area contributed by atoms with Crippen LogP contribution in [0.25, 0.3) is 0 Å². The number of ether oxygens (including phenoxy) is 3. The monoisotopic (exact) mass is 323 g/mol. The number of hydrogen-bond acceptors (Lipinski definition) is 5. The number of amides is 1. The standard InChI is InChI=1S/C17H25NO5/c1-5-18-16(19)11-23-17(20)13-6-7-14(15(10-13)21-4)22-9-8-12(2)3/h6-7,10,12H,5,8-9,11H2,1-4H3,(H,18,19). The summed E-state index contributed by atoms with van der Waals surface area (Å²) in [5.41, 5.74) is 0.308. The van der Waals surface area contributed by atoms with Crippen LogP contribution < -0.4 is 14.8 Å². The third-order valence-electron chi connectivity index (χ3n) is 3.06. The molecule has 0 aromatic heterocycles. The quantitative estimate of drug-likeness (QED) is 0.707. The number of carbonyl (C=O) groups is 2. The van der Waals surface area contributed by atoms with Crippen molar-refractivity contribution in [3.8, 4) is 11.5 Å². The van der Waals surface area contributed by atoms with Crippen LogP contribution in [0.3, 0.4) is 0 Å². The molecule has 0 aliphatic heterocycles. The Labute approximate surface area is 137 Å². The Hall–Kier alpha value is -2.24. The number of esters is 1. The minimum atomic E-state index is -0.580. The highest BCUT2D eigenvalue weighted by Crippen LogP contribution is 2.28. The van der Waals surface area contributed by atoms with Crippen molar-refractivity contribution in [3.05, 3.63) is 23.8 Å². The predicted octanol–water partition coefficient (Wildman–Crippen LogP) is 2.41. The zero-order valence-electron chi connectivity index (χ0n) is 14.2. The van der Waals surface area contributed by atoms with Gasteiger partial charge in [-0.2, -0.15) is 0 Å². The second-order valence-corrected chi connectivity index (χ2v) is 5.43. The van der Waals surface area contributed by atoms with Gasteiger partial charge < -0.3 is 19.5 Å². The van der Waals surface area contributed by atoms with Gasteiger partial charge >= 0.3 is 5.97 Å². The van der Waals surface area contributed by atoms with Crippen molar-refractivity contribution in [2.75, 3.05) is 26.9 Å². The highest BCUT2D eigenvalue weighted by molar-refractivity contribution is 5.92. The molecule has 0 aliphatic rings. The Kier molecular flexibility index (Phi) is 7.94. The van der Waals surface area contributed by atoms with E-state index in [2.05, 4.69) is 19.2 Å². The van der Waals surface area contributed by atoms with Crippen LogP contribution in [0.5, 0.6) is 11.5 Å². The normalized spacial score (nSPS) is 10.3. The Bertz CT molecular complexity index is 528. The maximum Gasteiger partial charge on any atom is 0.338 e. The number of likely N-dealkylation sites (N-methyl/N-ethyl adjacent to an activating group) is 1. The predicted molar refractivity (Wildman–Crippen MR) is 86.9 cm³/mol. The molecule has 1 aromatic rings. The summed E-state index contributed by atoms with van der Waals surface area (Å²) in [6.45, 7) is 6.80. The average molecular weight is 323 g/mol. The number of nitrogens with one attached hydrogen (secondary N) is 1. The molecule has 128 valence electrons. The van der Waals surface area contributed by atoms with Gasteiger partial charge in [0.05, 0.1) is 19.3 Å². The van der Waals surface area contributed by atoms with E-state index in [1.165, 1.54) is 7.11 Å². The van der Waals surface area contributed by atoms with Gasteiger partial charge in [-0.15, -0.1) is 0 Å². The SMILES string of the molecule is CCNC(=O)COC(=O)c1ccc(OCCC(C)C)c(OC)c1. The first-order valence-corrected chi connectivity index (χ1v) is 7.72. The molecule has 1 N–H and O–H groups in total. The minimum absolute atomic E-state index is 0.304. The number of rotatable bonds is 9. The van der Waals surface area contributed by atoms with E-state index in [4.69, 9.17) is 14.2 Å². The molecule has 1 amide bonds. The Balaban J connectivity index is 2.66. The molecule has 6 heteroatoms. The molecule has 6 nitrogen and oxygen atoms in total. The van der Waals surface area contributed by atoms with Gasteiger partial charge in [0.15, 0.2) is 18.1 Å². The average Bonchev–Trinajstić information content (AvgIpc) is 2.52. The van der Waals surface area contributed by atoms with Crippen molar-refractivity contribution < 1.29 is 23.8 Å². The second-order valence-electron chi connectivity index (χ2n) is 5.43. The molecule has 1 rings (SSSR count). The lowest BCUT2D eigenvalue weighted by Gasteiger charge is -2.13. The van der Waals surface area contributed by atoms with Crippen molar-refractivity contribution >= 4 is 11.9 Å². The fraction of sp³-hybridized carbons (Fsp3) is 0.529. The Morgan fingerprint density at radius 3 is 2.57 bits per heavy atom. The second kappa shape index (κ2) is 9.71. The van der Waals surface area contributed by atoms with Gasteiger partial charge in [-0.05, 0) is 37.5 Å². The molecule has 0 spiro atoms. The molecular weight excluding hydrogens is 298 g/mol. The molecular formula is C17H25NO5. The van der Waals surface area contributed by atoms with E-state index in [9.17, 15) is 9.59 Å². The fourth-order valence-electron chi connectivity index (χ4n) is 1.78. The van der Waals surface area contributed by atoms with Gasteiger partial charge in [-0.3, -0.25) is 4.79 Å². The maximum absolute atomic E-state index is 11.9. The van der Waals surface area contributed by atoms with Crippen molar-refractivity contribution in [3.63, 3.8) is 0 Å². The number of benzene rings is 1. The molecule has 0 bridgehead atoms. The van der Waals surface area contributed by atoms with Crippen LogP contribution in [0.2, 0.25) is 0 Å². The van der Waals surface area contributed by atoms with Crippen molar-refractivity contribution in [1.82, 2.24) is 5.32 Å². The van der Waals surface area contributed by atoms with Crippen LogP contribution in [-0.2, 0) is 9.53 Å². The van der Waals surface area contributed by atoms with Gasteiger partial charge in [-0.1, -0.05) is 13.8 Å². The lowest BCUT2D eigenvalue weighted by molar-refractivity contribution is -0.124. The van der Waals surface area contributed by atoms with Crippen molar-refractivity contribution in [2.24, 2.45) is 5.92 Å². The summed E-state index contributed by atoms with van der Waals surface area (Å²) in [5, 5.41) is 2.56. The van der Waals surface area contributed by atoms with E-state index in [1.54, 1.807) is 25.1 Å². The molecule has 0 saturated heterocycles. The molecule has 1 aromatic carbocycles. The summed E-state index contributed by atoms with van der Waals surface area (Å²) in [6.07, 6.45) is 0.930. The number of hydrogen-bond donors (Lipinski definition) is 1. The van der Waals surface area contributed by atoms with Crippen LogP contribution in [0.1, 0.15) is 37.6 Å². The van der Waals surface area contributed by atoms with Crippen LogP contribution in [0.4, 0.5) is 0 Å². The van der Waals surface area contributed by atoms with E-state index >= 15 is 0 Å². The summed E-state index contributed by atoms with van der Waals surface area (Å²) >= 11 is 0. The lowest BCUT2D eigenvalue weighted by atomic mass is 10.1. The fourth-order valence-corrected chi connectivity index (χ4v) is 1.78. The number of carbonyl (C=O) groups excluding carboxylic acids is 2. The van der Waals surface area contributed by atoms with Gasteiger partial charge in [0.1, 0.15) is 0 Å². The van der Waals surface area contributed by atoms with E-state index in [0.717, 1.165) is 6.42 Å². The minimum Gasteiger partial charge on any atom is -0.493 e. The van der Waals surface area contributed by atoms with Crippen LogP contribution >= 0.6 is 0 Å². The van der Waals surface area contributed by atoms with Crippen LogP contribution in [0, 0.1) is 5.92 Å². The Morgan fingerprint density at radius 1 is 1.22 bits per heavy atom. The maximum atomic E-state index is 11.9. The van der Waals surface area contributed by atoms with Gasteiger partial charge in [0, 0.05) is 6.54 Å². The summed E-state index contributed by atoms with van der Waals surface area (Å²) in [5.74, 6) is 0.670. The van der Waals surface area contributed by atoms with Crippen LogP contribution in [-0.4, -0.2) is 38.7 Å². The van der Waals surface area contributed by atoms with E-state index in [1.807, 2.05) is 0 Å². The van der Waals surface area contributed by atoms with E-state index in [-0.39, 0.29) is 12.5 Å². The van der Waals surface area contributed by atoms with Crippen molar-refractivity contribution in [1.29, 1.82) is 0 Å². The van der Waals surface area contributed by atoms with Crippen LogP contribution in [0.15, 0.2) is 18.2 Å². The first kappa shape index (κ1) is 18.8. The zero-order valence-corrected chi connectivity index (χ0v) is 14.2. The molecule has 0 atom stereocenters. The summed E-state index contributed by atoms with van der Waals surface area (Å²) in [4.78, 5) is 23.2. The Morgan fingerprint density at radius 2 is 1.96 bits per heavy atom. The molecule has 23 heavy (non-hydrogen) atoms. The molecule has 0 unspecified atom stereocenters. The zero-order chi connectivity index (χ0) is 17.2. The third-order valence-corrected chi connectivity index (χ3v) is 3.06. The smallest absolute Gasteiger partial charge is 0.338 e. The lowest BCUT2D eigenvalue weighted by Crippen LogP contribution is -2.28. The molecule has 0 radical (unpaired) electrons. The third kappa shape index (κ3) is 6.59. The molecule has 0 fully saturated rings. The van der Waals surface area contributed by atoms with Gasteiger partial charge in [0.2, 0.25) is 0 Å². The van der Waals surface area contributed by atoms with Gasteiger partial charge in [0.25, 0.3) is 5.91 Å². The van der Waals surface area contributed by atoms with E-state index in [0.29, 0.717) is 36.1 Å². The largest absolute Gasteiger partial charge is 0.493 e. The highest BCUT2D eigenvalue weighted by Gasteiger charge is 2.14. The van der Waals surface area contributed by atoms with E-state index < -0.39 is 5.97 Å². The summed E-state index contributed by atoms with van der Waals surface area (Å²) < 4.78 is 15.9. The topological polar surface area (TPSA) is 73.9 Å². The summed E-state index contributed by atoms with van der Waals surface area (Å²) in [6, 6.07) is 4.81. The van der Waals surface area contributed by atoms with Gasteiger partial charge in [-0.25, -0.2) is 4.79 Å². The first-order valence-electron chi connectivity index (χ1n) is 7.72. The molecule has 0 saturated carbocycles. The number of methoxy groups -OCH3 is 1.